The van der Waals surface area contributed by atoms with Crippen LogP contribution in [-0.2, 0) is 25.5 Å². The molecule has 2 aromatic rings. The second-order valence-corrected chi connectivity index (χ2v) is 8.02. The fourth-order valence-corrected chi connectivity index (χ4v) is 5.16. The van der Waals surface area contributed by atoms with Crippen LogP contribution < -0.4 is 16.0 Å². The Bertz CT molecular complexity index is 1080. The molecular weight excluding hydrogens is 383 g/mol. The zero-order chi connectivity index (χ0) is 20.7. The maximum atomic E-state index is 15.5. The number of nitrogens with one attached hydrogen (secondary N) is 1. The number of hydrogen-bond donors (Lipinski definition) is 2. The summed E-state index contributed by atoms with van der Waals surface area (Å²) in [4.78, 5) is 39.7. The van der Waals surface area contributed by atoms with Crippen molar-refractivity contribution >= 4 is 40.1 Å². The molecule has 2 saturated heterocycles. The van der Waals surface area contributed by atoms with Gasteiger partial charge in [0, 0.05) is 6.54 Å². The van der Waals surface area contributed by atoms with E-state index in [4.69, 9.17) is 15.0 Å². The number of ether oxygens (including phenoxy) is 1. The molecule has 1 aromatic heterocycles. The lowest BCUT2D eigenvalue weighted by Crippen LogP contribution is -2.72. The first-order valence-electron chi connectivity index (χ1n) is 9.40. The van der Waals surface area contributed by atoms with E-state index < -0.39 is 47.4 Å². The summed E-state index contributed by atoms with van der Waals surface area (Å²) in [7, 11) is 0. The van der Waals surface area contributed by atoms with Crippen LogP contribution in [0.15, 0.2) is 10.6 Å². The van der Waals surface area contributed by atoms with E-state index in [0.717, 1.165) is 0 Å². The average molecular weight is 402 g/mol. The van der Waals surface area contributed by atoms with Crippen molar-refractivity contribution in [2.75, 3.05) is 17.2 Å². The third kappa shape index (κ3) is 2.23. The van der Waals surface area contributed by atoms with Gasteiger partial charge in [-0.3, -0.25) is 19.7 Å². The van der Waals surface area contributed by atoms with Crippen molar-refractivity contribution in [1.82, 2.24) is 10.5 Å². The Morgan fingerprint density at radius 1 is 1.34 bits per heavy atom. The van der Waals surface area contributed by atoms with Crippen molar-refractivity contribution in [3.8, 4) is 0 Å². The predicted octanol–water partition coefficient (Wildman–Crippen LogP) is 0.689. The minimum atomic E-state index is -1.56. The fraction of sp³-hybridized carbons (Fsp3) is 0.474. The Morgan fingerprint density at radius 3 is 2.83 bits per heavy atom. The number of morpholine rings is 1. The van der Waals surface area contributed by atoms with Gasteiger partial charge in [0.1, 0.15) is 5.41 Å². The molecule has 0 radical (unpaired) electrons. The van der Waals surface area contributed by atoms with Crippen LogP contribution in [0, 0.1) is 11.2 Å². The van der Waals surface area contributed by atoms with Crippen molar-refractivity contribution < 1.29 is 28.0 Å². The first-order valence-corrected chi connectivity index (χ1v) is 9.40. The standard InChI is InChI=1S/C19H19FN4O5/c1-7-6-24-14-9(3-10-15(13(14)20)29-23-17(10)21)5-19(16(24)8(2)28-7)11(25)4-12(26)22-18(19)27/h3,7-8,16H,4-6H2,1-2H3,(H2,21,23)(H,22,26,27)/t7-,8+,16-,19?/m0/s1. The molecule has 2 fully saturated rings. The summed E-state index contributed by atoms with van der Waals surface area (Å²) < 4.78 is 26.5. The minimum Gasteiger partial charge on any atom is -0.380 e. The number of carbonyl (C=O) groups is 3. The highest BCUT2D eigenvalue weighted by Crippen LogP contribution is 2.50. The van der Waals surface area contributed by atoms with Crippen LogP contribution in [0.3, 0.4) is 0 Å². The smallest absolute Gasteiger partial charge is 0.242 e. The number of benzene rings is 1. The van der Waals surface area contributed by atoms with Crippen LogP contribution in [0.2, 0.25) is 0 Å². The maximum Gasteiger partial charge on any atom is 0.242 e. The number of halogens is 1. The second kappa shape index (κ2) is 5.76. The number of nitrogen functional groups attached to an aromatic ring is 1. The van der Waals surface area contributed by atoms with Crippen molar-refractivity contribution in [1.29, 1.82) is 0 Å². The largest absolute Gasteiger partial charge is 0.380 e. The Balaban J connectivity index is 1.79. The number of nitrogens with zero attached hydrogens (tertiary/aromatic N) is 2. The molecule has 5 rings (SSSR count). The van der Waals surface area contributed by atoms with Gasteiger partial charge in [0.2, 0.25) is 17.4 Å². The predicted molar refractivity (Wildman–Crippen MR) is 98.4 cm³/mol. The van der Waals surface area contributed by atoms with Gasteiger partial charge in [-0.05, 0) is 31.9 Å². The van der Waals surface area contributed by atoms with E-state index in [1.807, 2.05) is 6.92 Å². The van der Waals surface area contributed by atoms with Crippen molar-refractivity contribution in [2.24, 2.45) is 5.41 Å². The van der Waals surface area contributed by atoms with Gasteiger partial charge in [0.05, 0.1) is 35.7 Å². The zero-order valence-electron chi connectivity index (χ0n) is 15.8. The SMILES string of the molecule is C[C@H]1CN2c3c(cc4c(N)noc4c3F)CC3(C(=O)CC(=O)NC3=O)[C@@H]2[C@@H](C)O1. The van der Waals surface area contributed by atoms with Crippen LogP contribution in [0.4, 0.5) is 15.9 Å². The molecule has 152 valence electrons. The van der Waals surface area contributed by atoms with Crippen LogP contribution in [0.25, 0.3) is 11.0 Å². The molecule has 4 heterocycles. The third-order valence-corrected chi connectivity index (χ3v) is 6.21. The second-order valence-electron chi connectivity index (χ2n) is 8.02. The topological polar surface area (TPSA) is 128 Å². The molecule has 9 nitrogen and oxygen atoms in total. The van der Waals surface area contributed by atoms with E-state index in [9.17, 15) is 14.4 Å². The Morgan fingerprint density at radius 2 is 2.10 bits per heavy atom. The number of aromatic nitrogens is 1. The number of ketones is 1. The number of anilines is 2. The molecule has 1 spiro atoms. The highest BCUT2D eigenvalue weighted by atomic mass is 19.1. The summed E-state index contributed by atoms with van der Waals surface area (Å²) in [6, 6.07) is 0.846. The highest BCUT2D eigenvalue weighted by Gasteiger charge is 2.62. The number of carbonyl (C=O) groups excluding carboxylic acids is 3. The molecule has 1 aromatic carbocycles. The van der Waals surface area contributed by atoms with Crippen LogP contribution in [0.5, 0.6) is 0 Å². The molecule has 3 N–H and O–H groups in total. The van der Waals surface area contributed by atoms with Crippen molar-refractivity contribution in [3.05, 3.63) is 17.4 Å². The number of hydrogen-bond acceptors (Lipinski definition) is 8. The molecule has 0 aliphatic carbocycles. The van der Waals surface area contributed by atoms with Gasteiger partial charge in [-0.1, -0.05) is 5.16 Å². The third-order valence-electron chi connectivity index (χ3n) is 6.21. The zero-order valence-corrected chi connectivity index (χ0v) is 15.8. The van der Waals surface area contributed by atoms with Gasteiger partial charge >= 0.3 is 0 Å². The molecule has 4 atom stereocenters. The van der Waals surface area contributed by atoms with Gasteiger partial charge < -0.3 is 19.9 Å². The van der Waals surface area contributed by atoms with Gasteiger partial charge in [0.15, 0.2) is 17.4 Å². The fourth-order valence-electron chi connectivity index (χ4n) is 5.16. The van der Waals surface area contributed by atoms with E-state index in [1.54, 1.807) is 17.9 Å². The normalized spacial score (nSPS) is 31.8. The molecule has 29 heavy (non-hydrogen) atoms. The van der Waals surface area contributed by atoms with E-state index in [2.05, 4.69) is 10.5 Å². The summed E-state index contributed by atoms with van der Waals surface area (Å²) in [5.74, 6) is -2.41. The van der Waals surface area contributed by atoms with Gasteiger partial charge in [-0.25, -0.2) is 4.39 Å². The number of rotatable bonds is 0. The molecule has 3 aliphatic heterocycles. The first kappa shape index (κ1) is 18.0. The lowest BCUT2D eigenvalue weighted by molar-refractivity contribution is -0.158. The summed E-state index contributed by atoms with van der Waals surface area (Å²) in [6.07, 6.45) is -1.29. The number of fused-ring (bicyclic) bond motifs is 5. The van der Waals surface area contributed by atoms with Crippen molar-refractivity contribution in [3.63, 3.8) is 0 Å². The number of piperidine rings is 1. The van der Waals surface area contributed by atoms with E-state index in [-0.39, 0.29) is 41.5 Å². The number of nitrogens with two attached hydrogens (primary N) is 1. The van der Waals surface area contributed by atoms with Gasteiger partial charge in [0.25, 0.3) is 0 Å². The van der Waals surface area contributed by atoms with E-state index in [1.165, 1.54) is 0 Å². The summed E-state index contributed by atoms with van der Waals surface area (Å²) in [6.45, 7) is 3.85. The highest BCUT2D eigenvalue weighted by molar-refractivity contribution is 6.22. The molecule has 2 amide bonds. The molecule has 0 bridgehead atoms. The van der Waals surface area contributed by atoms with Crippen LogP contribution in [0.1, 0.15) is 25.8 Å². The average Bonchev–Trinajstić information content (AvgIpc) is 3.00. The number of amides is 2. The Labute approximate surface area is 164 Å². The summed E-state index contributed by atoms with van der Waals surface area (Å²) in [5.41, 5.74) is 4.86. The van der Waals surface area contributed by atoms with Crippen LogP contribution in [-0.4, -0.2) is 47.5 Å². The Kier molecular flexibility index (Phi) is 3.58. The van der Waals surface area contributed by atoms with Gasteiger partial charge in [-0.2, -0.15) is 0 Å². The van der Waals surface area contributed by atoms with Crippen molar-refractivity contribution in [2.45, 2.75) is 44.9 Å². The van der Waals surface area contributed by atoms with E-state index >= 15 is 4.39 Å². The Hall–Kier alpha value is -3.01. The monoisotopic (exact) mass is 402 g/mol. The summed E-state index contributed by atoms with van der Waals surface area (Å²) >= 11 is 0. The van der Waals surface area contributed by atoms with E-state index in [0.29, 0.717) is 5.56 Å². The lowest BCUT2D eigenvalue weighted by atomic mass is 9.63. The number of Topliss-reactive ketones (excluding diaryl/α,β-unsaturated/α-hetero) is 1. The molecule has 3 aliphatic rings. The first-order chi connectivity index (χ1) is 13.7. The van der Waals surface area contributed by atoms with Crippen LogP contribution >= 0.6 is 0 Å². The lowest BCUT2D eigenvalue weighted by Gasteiger charge is -2.55. The maximum absolute atomic E-state index is 15.5. The van der Waals surface area contributed by atoms with Gasteiger partial charge in [-0.15, -0.1) is 0 Å². The molecule has 10 heteroatoms. The quantitative estimate of drug-likeness (QED) is 0.487. The summed E-state index contributed by atoms with van der Waals surface area (Å²) in [5, 5.41) is 6.21. The molecule has 0 saturated carbocycles. The number of imide groups is 1. The molecule has 1 unspecified atom stereocenters. The minimum absolute atomic E-state index is 0.0242. The molecular formula is C19H19FN4O5.